The van der Waals surface area contributed by atoms with Gasteiger partial charge in [0.25, 0.3) is 0 Å². The molecule has 0 spiro atoms. The molecule has 0 radical (unpaired) electrons. The van der Waals surface area contributed by atoms with Gasteiger partial charge in [-0.3, -0.25) is 4.90 Å². The Bertz CT molecular complexity index is 635. The van der Waals surface area contributed by atoms with Crippen LogP contribution in [0.2, 0.25) is 0 Å². The summed E-state index contributed by atoms with van der Waals surface area (Å²) >= 11 is 0. The number of rotatable bonds is 6. The number of hydrogen-bond donors (Lipinski definition) is 1. The summed E-state index contributed by atoms with van der Waals surface area (Å²) in [7, 11) is 0. The van der Waals surface area contributed by atoms with Gasteiger partial charge in [0.05, 0.1) is 0 Å². The number of aliphatic hydroxyl groups is 1. The van der Waals surface area contributed by atoms with Crippen LogP contribution < -0.4 is 34.5 Å². The molecule has 2 aromatic carbocycles. The number of halogens is 2. The number of aryl methyl sites for hydroxylation is 1. The summed E-state index contributed by atoms with van der Waals surface area (Å²) < 4.78 is 5.69. The monoisotopic (exact) mass is 396 g/mol. The van der Waals surface area contributed by atoms with Gasteiger partial charge < -0.3 is 39.6 Å². The topological polar surface area (TPSA) is 35.9 Å². The van der Waals surface area contributed by atoms with Crippen molar-refractivity contribution in [3.63, 3.8) is 0 Å². The number of aliphatic hydroxyl groups excluding tert-OH is 1. The van der Waals surface area contributed by atoms with E-state index in [1.54, 1.807) is 0 Å². The van der Waals surface area contributed by atoms with Crippen molar-refractivity contribution >= 4 is 5.69 Å². The van der Waals surface area contributed by atoms with Crippen molar-refractivity contribution in [3.8, 4) is 5.75 Å². The maximum absolute atomic E-state index is 10.2. The molecule has 1 atom stereocenters. The third-order valence-corrected chi connectivity index (χ3v) is 4.39. The first-order valence-electron chi connectivity index (χ1n) is 8.60. The van der Waals surface area contributed by atoms with Crippen molar-refractivity contribution in [2.75, 3.05) is 44.2 Å². The second-order valence-corrected chi connectivity index (χ2v) is 6.40. The van der Waals surface area contributed by atoms with Crippen molar-refractivity contribution in [2.24, 2.45) is 0 Å². The number of β-amino-alcohol motifs (C(OH)–C–C–N with tert-alkyl or cyclic N) is 1. The molecule has 1 fully saturated rings. The minimum atomic E-state index is -0.464. The van der Waals surface area contributed by atoms with Crippen LogP contribution in [0.25, 0.3) is 0 Å². The molecule has 1 N–H and O–H groups in total. The van der Waals surface area contributed by atoms with E-state index in [1.807, 2.05) is 37.3 Å². The van der Waals surface area contributed by atoms with Crippen molar-refractivity contribution < 1.29 is 34.7 Å². The van der Waals surface area contributed by atoms with Gasteiger partial charge in [-0.2, -0.15) is 0 Å². The molecular formula is C20H26Cl2N2O2-2. The molecule has 0 aromatic heterocycles. The Labute approximate surface area is 168 Å². The van der Waals surface area contributed by atoms with E-state index in [0.29, 0.717) is 13.2 Å². The summed E-state index contributed by atoms with van der Waals surface area (Å²) in [4.78, 5) is 4.70. The Kier molecular flexibility index (Phi) is 9.81. The average Bonchev–Trinajstić information content (AvgIpc) is 2.61. The van der Waals surface area contributed by atoms with Crippen LogP contribution in [0.5, 0.6) is 5.75 Å². The summed E-state index contributed by atoms with van der Waals surface area (Å²) in [6, 6.07) is 18.4. The first kappa shape index (κ1) is 22.6. The third-order valence-electron chi connectivity index (χ3n) is 4.39. The first-order chi connectivity index (χ1) is 11.7. The van der Waals surface area contributed by atoms with Gasteiger partial charge in [-0.1, -0.05) is 30.3 Å². The molecule has 2 aromatic rings. The number of benzene rings is 2. The lowest BCUT2D eigenvalue weighted by molar-refractivity contribution is -0.001000. The number of para-hydroxylation sites is 1. The van der Waals surface area contributed by atoms with Crippen molar-refractivity contribution in [2.45, 2.75) is 13.0 Å². The van der Waals surface area contributed by atoms with Crippen LogP contribution in [-0.4, -0.2) is 55.4 Å². The minimum Gasteiger partial charge on any atom is -1.00 e. The quantitative estimate of drug-likeness (QED) is 0.551. The lowest BCUT2D eigenvalue weighted by atomic mass is 10.2. The van der Waals surface area contributed by atoms with Gasteiger partial charge in [-0.15, -0.1) is 0 Å². The highest BCUT2D eigenvalue weighted by molar-refractivity contribution is 5.46. The normalized spacial score (nSPS) is 15.5. The second kappa shape index (κ2) is 11.3. The molecule has 0 aliphatic carbocycles. The molecule has 3 rings (SSSR count). The minimum absolute atomic E-state index is 0. The number of nitrogens with zero attached hydrogens (tertiary/aromatic N) is 2. The molecule has 6 heteroatoms. The first-order valence-corrected chi connectivity index (χ1v) is 8.60. The summed E-state index contributed by atoms with van der Waals surface area (Å²) in [5.74, 6) is 0.822. The van der Waals surface area contributed by atoms with E-state index in [2.05, 4.69) is 34.1 Å². The van der Waals surface area contributed by atoms with Gasteiger partial charge in [-0.25, -0.2) is 0 Å². The Balaban J connectivity index is 0.00000169. The van der Waals surface area contributed by atoms with Crippen molar-refractivity contribution in [3.05, 3.63) is 60.2 Å². The van der Waals surface area contributed by atoms with Crippen molar-refractivity contribution in [1.82, 2.24) is 4.90 Å². The standard InChI is InChI=1S/C20H26N2O2.2ClH/c1-17-6-5-9-20(14-17)24-16-19(23)15-21-10-12-22(13-11-21)18-7-3-2-4-8-18;;/h2-9,14,19,23H,10-13,15-16H2,1H3;2*1H/p-2. The fraction of sp³-hybridized carbons (Fsp3) is 0.400. The third kappa shape index (κ3) is 6.69. The van der Waals surface area contributed by atoms with E-state index in [0.717, 1.165) is 31.9 Å². The molecule has 1 saturated heterocycles. The zero-order chi connectivity index (χ0) is 16.8. The fourth-order valence-corrected chi connectivity index (χ4v) is 3.08. The van der Waals surface area contributed by atoms with Crippen LogP contribution in [0, 0.1) is 6.92 Å². The number of anilines is 1. The highest BCUT2D eigenvalue weighted by atomic mass is 35.5. The Morgan fingerprint density at radius 1 is 0.962 bits per heavy atom. The Morgan fingerprint density at radius 2 is 1.65 bits per heavy atom. The maximum atomic E-state index is 10.2. The highest BCUT2D eigenvalue weighted by Crippen LogP contribution is 2.16. The van der Waals surface area contributed by atoms with Gasteiger partial charge in [0.1, 0.15) is 18.5 Å². The van der Waals surface area contributed by atoms with E-state index >= 15 is 0 Å². The molecule has 1 aliphatic heterocycles. The van der Waals surface area contributed by atoms with Crippen LogP contribution in [0.4, 0.5) is 5.69 Å². The molecular weight excluding hydrogens is 371 g/mol. The number of piperazine rings is 1. The lowest BCUT2D eigenvalue weighted by Crippen LogP contribution is -3.00. The molecule has 0 saturated carbocycles. The fourth-order valence-electron chi connectivity index (χ4n) is 3.08. The zero-order valence-electron chi connectivity index (χ0n) is 15.0. The smallest absolute Gasteiger partial charge is 0.119 e. The largest absolute Gasteiger partial charge is 1.00 e. The van der Waals surface area contributed by atoms with E-state index in [1.165, 1.54) is 11.3 Å². The van der Waals surface area contributed by atoms with Gasteiger partial charge in [-0.05, 0) is 36.8 Å². The highest BCUT2D eigenvalue weighted by Gasteiger charge is 2.19. The molecule has 144 valence electrons. The molecule has 4 nitrogen and oxygen atoms in total. The molecule has 1 aliphatic rings. The van der Waals surface area contributed by atoms with E-state index < -0.39 is 6.10 Å². The summed E-state index contributed by atoms with van der Waals surface area (Å²) in [5, 5.41) is 10.2. The second-order valence-electron chi connectivity index (χ2n) is 6.40. The van der Waals surface area contributed by atoms with Gasteiger partial charge >= 0.3 is 0 Å². The van der Waals surface area contributed by atoms with E-state index in [-0.39, 0.29) is 24.8 Å². The maximum Gasteiger partial charge on any atom is 0.119 e. The summed E-state index contributed by atoms with van der Waals surface area (Å²) in [5.41, 5.74) is 2.44. The van der Waals surface area contributed by atoms with E-state index in [9.17, 15) is 5.11 Å². The zero-order valence-corrected chi connectivity index (χ0v) is 16.5. The van der Waals surface area contributed by atoms with Gasteiger partial charge in [0.15, 0.2) is 0 Å². The molecule has 1 heterocycles. The van der Waals surface area contributed by atoms with E-state index in [4.69, 9.17) is 4.74 Å². The lowest BCUT2D eigenvalue weighted by Gasteiger charge is -2.36. The van der Waals surface area contributed by atoms with Gasteiger partial charge in [0, 0.05) is 38.4 Å². The number of ether oxygens (including phenoxy) is 1. The molecule has 1 unspecified atom stereocenters. The van der Waals surface area contributed by atoms with Crippen LogP contribution in [0.3, 0.4) is 0 Å². The summed E-state index contributed by atoms with van der Waals surface area (Å²) in [6.45, 7) is 6.96. The number of hydrogen-bond acceptors (Lipinski definition) is 4. The van der Waals surface area contributed by atoms with Crippen LogP contribution >= 0.6 is 0 Å². The predicted octanol–water partition coefficient (Wildman–Crippen LogP) is -3.44. The predicted molar refractivity (Wildman–Crippen MR) is 97.8 cm³/mol. The van der Waals surface area contributed by atoms with Crippen LogP contribution in [0.1, 0.15) is 5.56 Å². The van der Waals surface area contributed by atoms with Gasteiger partial charge in [0.2, 0.25) is 0 Å². The molecule has 26 heavy (non-hydrogen) atoms. The molecule has 0 bridgehead atoms. The Morgan fingerprint density at radius 3 is 2.31 bits per heavy atom. The SMILES string of the molecule is Cc1cccc(OCC(O)CN2CCN(c3ccccc3)CC2)c1.[Cl-].[Cl-]. The molecule has 0 amide bonds. The summed E-state index contributed by atoms with van der Waals surface area (Å²) in [6.07, 6.45) is -0.464. The Hall–Kier alpha value is -1.46. The average molecular weight is 397 g/mol. The van der Waals surface area contributed by atoms with Crippen LogP contribution in [-0.2, 0) is 0 Å². The van der Waals surface area contributed by atoms with Crippen LogP contribution in [0.15, 0.2) is 54.6 Å². The van der Waals surface area contributed by atoms with Crippen molar-refractivity contribution in [1.29, 1.82) is 0 Å².